The van der Waals surface area contributed by atoms with Gasteiger partial charge in [-0.3, -0.25) is 9.59 Å². The van der Waals surface area contributed by atoms with Crippen molar-refractivity contribution in [3.63, 3.8) is 0 Å². The maximum atomic E-state index is 10.9. The summed E-state index contributed by atoms with van der Waals surface area (Å²) in [6, 6.07) is 0. The number of hydrogen-bond acceptors (Lipinski definition) is 4. The molecular weight excluding hydrogens is 376 g/mol. The molecule has 0 amide bonds. The molecule has 0 aromatic carbocycles. The Labute approximate surface area is 117 Å². The largest absolute Gasteiger partial charge is 0.298 e. The van der Waals surface area contributed by atoms with E-state index in [-0.39, 0.29) is 0 Å². The molecule has 16 heavy (non-hydrogen) atoms. The lowest BCUT2D eigenvalue weighted by molar-refractivity contribution is 0.111. The van der Waals surface area contributed by atoms with Crippen LogP contribution in [0.4, 0.5) is 0 Å². The van der Waals surface area contributed by atoms with Gasteiger partial charge in [0.1, 0.15) is 0 Å². The Balaban J connectivity index is 2.74. The van der Waals surface area contributed by atoms with E-state index in [0.717, 1.165) is 31.3 Å². The first kappa shape index (κ1) is 12.2. The van der Waals surface area contributed by atoms with Crippen LogP contribution in [0.2, 0.25) is 0 Å². The lowest BCUT2D eigenvalue weighted by atomic mass is 10.1. The van der Waals surface area contributed by atoms with Crippen molar-refractivity contribution in [2.45, 2.75) is 0 Å². The Hall–Kier alpha value is -0.300. The summed E-state index contributed by atoms with van der Waals surface area (Å²) in [5.41, 5.74) is 2.77. The quantitative estimate of drug-likeness (QED) is 0.728. The summed E-state index contributed by atoms with van der Waals surface area (Å²) < 4.78 is 1.72. The molecule has 0 aliphatic heterocycles. The highest BCUT2D eigenvalue weighted by Crippen LogP contribution is 2.43. The molecule has 2 nitrogen and oxygen atoms in total. The van der Waals surface area contributed by atoms with Gasteiger partial charge in [0.05, 0.1) is 7.57 Å². The van der Waals surface area contributed by atoms with E-state index in [1.807, 2.05) is 0 Å². The maximum absolute atomic E-state index is 10.9. The van der Waals surface area contributed by atoms with Crippen molar-refractivity contribution in [3.05, 3.63) is 29.5 Å². The molecule has 6 heteroatoms. The van der Waals surface area contributed by atoms with Gasteiger partial charge in [0, 0.05) is 33.0 Å². The lowest BCUT2D eigenvalue weighted by Crippen LogP contribution is -1.86. The van der Waals surface area contributed by atoms with Crippen LogP contribution in [0, 0.1) is 0 Å². The van der Waals surface area contributed by atoms with Crippen LogP contribution in [-0.4, -0.2) is 12.6 Å². The Morgan fingerprint density at radius 1 is 0.875 bits per heavy atom. The molecule has 0 unspecified atom stereocenters. The fourth-order valence-electron chi connectivity index (χ4n) is 1.35. The number of halogens is 2. The molecule has 0 N–H and O–H groups in total. The molecule has 0 atom stereocenters. The predicted molar refractivity (Wildman–Crippen MR) is 73.8 cm³/mol. The second-order valence-corrected chi connectivity index (χ2v) is 7.31. The van der Waals surface area contributed by atoms with Crippen LogP contribution in [0.15, 0.2) is 18.3 Å². The molecule has 0 aliphatic rings. The number of carbonyl (C=O) groups excluding carboxylic acids is 2. The second kappa shape index (κ2) is 4.91. The Morgan fingerprint density at radius 2 is 1.25 bits per heavy atom. The van der Waals surface area contributed by atoms with Gasteiger partial charge in [-0.2, -0.15) is 0 Å². The normalized spacial score (nSPS) is 10.4. The van der Waals surface area contributed by atoms with Gasteiger partial charge in [0.25, 0.3) is 0 Å². The van der Waals surface area contributed by atoms with Crippen molar-refractivity contribution in [1.29, 1.82) is 0 Å². The molecule has 0 spiro atoms. The maximum Gasteiger partial charge on any atom is 0.151 e. The van der Waals surface area contributed by atoms with Gasteiger partial charge < -0.3 is 0 Å². The summed E-state index contributed by atoms with van der Waals surface area (Å²) in [7, 11) is 0. The Kier molecular flexibility index (Phi) is 3.73. The van der Waals surface area contributed by atoms with E-state index in [1.165, 1.54) is 22.7 Å². The monoisotopic (exact) mass is 378 g/mol. The van der Waals surface area contributed by atoms with E-state index in [9.17, 15) is 9.59 Å². The summed E-state index contributed by atoms with van der Waals surface area (Å²) in [6.45, 7) is 0. The van der Waals surface area contributed by atoms with E-state index in [4.69, 9.17) is 0 Å². The minimum atomic E-state index is 0.596. The summed E-state index contributed by atoms with van der Waals surface area (Å²) >= 11 is 9.68. The minimum Gasteiger partial charge on any atom is -0.298 e. The van der Waals surface area contributed by atoms with Gasteiger partial charge in [-0.05, 0) is 31.9 Å². The lowest BCUT2D eigenvalue weighted by Gasteiger charge is -2.01. The summed E-state index contributed by atoms with van der Waals surface area (Å²) in [5, 5.41) is 3.54. The van der Waals surface area contributed by atoms with Crippen molar-refractivity contribution >= 4 is 67.1 Å². The number of hydrogen-bond donors (Lipinski definition) is 0. The average molecular weight is 380 g/mol. The standard InChI is InChI=1S/C10H4Br2O2S2/c11-9-7(5(1-13)3-15-9)8-6(2-14)4-16-10(8)12/h1-4H. The van der Waals surface area contributed by atoms with E-state index in [1.54, 1.807) is 10.8 Å². The molecule has 0 bridgehead atoms. The molecular formula is C10H4Br2O2S2. The van der Waals surface area contributed by atoms with Crippen molar-refractivity contribution in [3.8, 4) is 11.1 Å². The molecule has 2 aromatic heterocycles. The zero-order valence-electron chi connectivity index (χ0n) is 7.70. The zero-order valence-corrected chi connectivity index (χ0v) is 12.5. The molecule has 0 saturated heterocycles. The number of thiophene rings is 2. The van der Waals surface area contributed by atoms with Gasteiger partial charge in [-0.1, -0.05) is 0 Å². The molecule has 2 heterocycles. The first-order valence-corrected chi connectivity index (χ1v) is 7.48. The third-order valence-corrected chi connectivity index (χ3v) is 5.53. The molecule has 82 valence electrons. The summed E-state index contributed by atoms with van der Waals surface area (Å²) in [6.07, 6.45) is 1.60. The third-order valence-electron chi connectivity index (χ3n) is 2.05. The van der Waals surface area contributed by atoms with Crippen molar-refractivity contribution < 1.29 is 9.59 Å². The second-order valence-electron chi connectivity index (χ2n) is 2.92. The first-order valence-electron chi connectivity index (χ1n) is 4.13. The van der Waals surface area contributed by atoms with E-state index in [2.05, 4.69) is 31.9 Å². The van der Waals surface area contributed by atoms with Crippen LogP contribution in [0.1, 0.15) is 20.7 Å². The van der Waals surface area contributed by atoms with Crippen molar-refractivity contribution in [2.24, 2.45) is 0 Å². The van der Waals surface area contributed by atoms with Crippen molar-refractivity contribution in [1.82, 2.24) is 0 Å². The average Bonchev–Trinajstić information content (AvgIpc) is 2.81. The Bertz CT molecular complexity index is 507. The van der Waals surface area contributed by atoms with Gasteiger partial charge >= 0.3 is 0 Å². The molecule has 0 fully saturated rings. The van der Waals surface area contributed by atoms with Gasteiger partial charge in [-0.15, -0.1) is 22.7 Å². The fraction of sp³-hybridized carbons (Fsp3) is 0. The summed E-state index contributed by atoms with van der Waals surface area (Å²) in [5.74, 6) is 0. The summed E-state index contributed by atoms with van der Waals surface area (Å²) in [4.78, 5) is 21.9. The van der Waals surface area contributed by atoms with Gasteiger partial charge in [-0.25, -0.2) is 0 Å². The first-order chi connectivity index (χ1) is 7.69. The highest BCUT2D eigenvalue weighted by Gasteiger charge is 2.19. The predicted octanol–water partition coefficient (Wildman–Crippen LogP) is 4.63. The van der Waals surface area contributed by atoms with Crippen LogP contribution in [-0.2, 0) is 0 Å². The van der Waals surface area contributed by atoms with E-state index >= 15 is 0 Å². The van der Waals surface area contributed by atoms with Crippen LogP contribution < -0.4 is 0 Å². The van der Waals surface area contributed by atoms with Crippen LogP contribution in [0.25, 0.3) is 11.1 Å². The van der Waals surface area contributed by atoms with Crippen LogP contribution in [0.5, 0.6) is 0 Å². The van der Waals surface area contributed by atoms with E-state index in [0.29, 0.717) is 11.1 Å². The minimum absolute atomic E-state index is 0.596. The smallest absolute Gasteiger partial charge is 0.151 e. The molecule has 0 radical (unpaired) electrons. The third kappa shape index (κ3) is 1.95. The van der Waals surface area contributed by atoms with Crippen molar-refractivity contribution in [2.75, 3.05) is 0 Å². The van der Waals surface area contributed by atoms with Crippen LogP contribution in [0.3, 0.4) is 0 Å². The molecule has 0 saturated carbocycles. The zero-order chi connectivity index (χ0) is 11.7. The molecule has 2 rings (SSSR count). The highest BCUT2D eigenvalue weighted by molar-refractivity contribution is 9.11. The van der Waals surface area contributed by atoms with Gasteiger partial charge in [0.2, 0.25) is 0 Å². The number of rotatable bonds is 3. The molecule has 2 aromatic rings. The Morgan fingerprint density at radius 3 is 1.56 bits per heavy atom. The number of carbonyl (C=O) groups is 2. The topological polar surface area (TPSA) is 34.1 Å². The highest BCUT2D eigenvalue weighted by atomic mass is 79.9. The number of aldehydes is 2. The molecule has 0 aliphatic carbocycles. The van der Waals surface area contributed by atoms with Gasteiger partial charge in [0.15, 0.2) is 12.6 Å². The van der Waals surface area contributed by atoms with Crippen LogP contribution >= 0.6 is 54.5 Å². The fourth-order valence-corrected chi connectivity index (χ4v) is 4.25. The van der Waals surface area contributed by atoms with E-state index < -0.39 is 0 Å². The SMILES string of the molecule is O=Cc1csc(Br)c1-c1c(C=O)csc1Br.